The van der Waals surface area contributed by atoms with E-state index in [4.69, 9.17) is 4.74 Å². The summed E-state index contributed by atoms with van der Waals surface area (Å²) in [6.07, 6.45) is 5.39. The number of hydrogen-bond donors (Lipinski definition) is 2. The molecule has 1 aliphatic heterocycles. The summed E-state index contributed by atoms with van der Waals surface area (Å²) in [6, 6.07) is 0.351. The molecule has 0 saturated carbocycles. The molecule has 0 bridgehead atoms. The number of morpholine rings is 1. The second-order valence-electron chi connectivity index (χ2n) is 8.64. The number of carbonyl (C=O) groups is 1. The van der Waals surface area contributed by atoms with E-state index in [1.165, 1.54) is 22.2 Å². The second kappa shape index (κ2) is 11.1. The molecule has 32 heavy (non-hydrogen) atoms. The van der Waals surface area contributed by atoms with Crippen LogP contribution in [0.2, 0.25) is 0 Å². The molecule has 1 amide bonds. The van der Waals surface area contributed by atoms with Crippen LogP contribution in [-0.2, 0) is 28.1 Å². The normalized spacial score (nSPS) is 17.7. The molecule has 1 saturated heterocycles. The van der Waals surface area contributed by atoms with Gasteiger partial charge >= 0.3 is 0 Å². The van der Waals surface area contributed by atoms with Crippen LogP contribution in [0.3, 0.4) is 0 Å². The maximum Gasteiger partial charge on any atom is 0.259 e. The highest BCUT2D eigenvalue weighted by molar-refractivity contribution is 7.99. The molecule has 0 aromatic carbocycles. The second-order valence-corrected chi connectivity index (χ2v) is 10.7. The smallest absolute Gasteiger partial charge is 0.259 e. The number of thiophene rings is 1. The first-order valence-corrected chi connectivity index (χ1v) is 13.8. The third-order valence-corrected chi connectivity index (χ3v) is 8.84. The van der Waals surface area contributed by atoms with E-state index >= 15 is 0 Å². The Morgan fingerprint density at radius 2 is 2.06 bits per heavy atom. The molecular formula is C23H34N4O3S2. The van der Waals surface area contributed by atoms with Crippen LogP contribution in [0.1, 0.15) is 49.4 Å². The van der Waals surface area contributed by atoms with Crippen molar-refractivity contribution in [1.29, 1.82) is 0 Å². The Morgan fingerprint density at radius 3 is 2.81 bits per heavy atom. The van der Waals surface area contributed by atoms with Crippen molar-refractivity contribution in [1.82, 2.24) is 20.2 Å². The molecule has 0 spiro atoms. The number of fused-ring (bicyclic) bond motifs is 3. The lowest BCUT2D eigenvalue weighted by Crippen LogP contribution is -2.52. The first-order valence-electron chi connectivity index (χ1n) is 11.8. The SMILES string of the molecule is CCC(CC)C(CNC(=O)CSCc1nc2sc3c(c2c(=O)[nH]1)CCC3)N1CCOCC1. The van der Waals surface area contributed by atoms with Gasteiger partial charge in [0.15, 0.2) is 0 Å². The summed E-state index contributed by atoms with van der Waals surface area (Å²) in [6.45, 7) is 8.52. The first-order chi connectivity index (χ1) is 15.6. The molecule has 9 heteroatoms. The van der Waals surface area contributed by atoms with Crippen LogP contribution in [0.25, 0.3) is 10.2 Å². The van der Waals surface area contributed by atoms with Crippen molar-refractivity contribution in [2.24, 2.45) is 5.92 Å². The summed E-state index contributed by atoms with van der Waals surface area (Å²) in [5.41, 5.74) is 1.16. The molecule has 0 radical (unpaired) electrons. The van der Waals surface area contributed by atoms with E-state index in [0.29, 0.717) is 35.8 Å². The van der Waals surface area contributed by atoms with Gasteiger partial charge in [0.05, 0.1) is 30.1 Å². The summed E-state index contributed by atoms with van der Waals surface area (Å²) in [4.78, 5) is 37.3. The number of H-pyrrole nitrogens is 1. The van der Waals surface area contributed by atoms with Gasteiger partial charge in [-0.15, -0.1) is 23.1 Å². The highest BCUT2D eigenvalue weighted by Gasteiger charge is 2.27. The van der Waals surface area contributed by atoms with Gasteiger partial charge in [0.2, 0.25) is 5.91 Å². The zero-order chi connectivity index (χ0) is 22.5. The molecule has 2 N–H and O–H groups in total. The van der Waals surface area contributed by atoms with Crippen LogP contribution in [-0.4, -0.2) is 65.4 Å². The van der Waals surface area contributed by atoms with E-state index in [1.54, 1.807) is 11.3 Å². The highest BCUT2D eigenvalue weighted by atomic mass is 32.2. The van der Waals surface area contributed by atoms with E-state index in [1.807, 2.05) is 0 Å². The van der Waals surface area contributed by atoms with Crippen LogP contribution in [0.15, 0.2) is 4.79 Å². The molecule has 1 aliphatic carbocycles. The van der Waals surface area contributed by atoms with Gasteiger partial charge in [-0.25, -0.2) is 4.98 Å². The lowest BCUT2D eigenvalue weighted by molar-refractivity contribution is -0.119. The summed E-state index contributed by atoms with van der Waals surface area (Å²) in [5.74, 6) is 2.15. The average Bonchev–Trinajstić information content (AvgIpc) is 3.38. The fraction of sp³-hybridized carbons (Fsp3) is 0.696. The van der Waals surface area contributed by atoms with Gasteiger partial charge in [0.25, 0.3) is 5.56 Å². The quantitative estimate of drug-likeness (QED) is 0.546. The minimum Gasteiger partial charge on any atom is -0.379 e. The number of nitrogens with one attached hydrogen (secondary N) is 2. The van der Waals surface area contributed by atoms with Crippen molar-refractivity contribution >= 4 is 39.2 Å². The molecule has 1 fully saturated rings. The van der Waals surface area contributed by atoms with Crippen LogP contribution < -0.4 is 10.9 Å². The van der Waals surface area contributed by atoms with Crippen LogP contribution in [0.5, 0.6) is 0 Å². The number of amides is 1. The van der Waals surface area contributed by atoms with E-state index in [2.05, 4.69) is 34.0 Å². The van der Waals surface area contributed by atoms with Crippen LogP contribution >= 0.6 is 23.1 Å². The van der Waals surface area contributed by atoms with Crippen molar-refractivity contribution < 1.29 is 9.53 Å². The molecule has 1 atom stereocenters. The molecule has 2 aromatic heterocycles. The molecule has 2 aromatic rings. The molecule has 3 heterocycles. The number of ether oxygens (including phenoxy) is 1. The van der Waals surface area contributed by atoms with Gasteiger partial charge in [-0.1, -0.05) is 26.7 Å². The van der Waals surface area contributed by atoms with Crippen molar-refractivity contribution in [3.8, 4) is 0 Å². The monoisotopic (exact) mass is 478 g/mol. The minimum atomic E-state index is -0.0343. The number of hydrogen-bond acceptors (Lipinski definition) is 7. The van der Waals surface area contributed by atoms with Gasteiger partial charge in [-0.05, 0) is 30.7 Å². The van der Waals surface area contributed by atoms with Crippen LogP contribution in [0, 0.1) is 5.92 Å². The molecule has 176 valence electrons. The lowest BCUT2D eigenvalue weighted by atomic mass is 9.92. The Kier molecular flexibility index (Phi) is 8.26. The first kappa shape index (κ1) is 23.7. The Labute approximate surface area is 197 Å². The maximum atomic E-state index is 12.6. The summed E-state index contributed by atoms with van der Waals surface area (Å²) in [5, 5.41) is 3.93. The minimum absolute atomic E-state index is 0.0343. The van der Waals surface area contributed by atoms with E-state index < -0.39 is 0 Å². The number of carbonyl (C=O) groups excluding carboxylic acids is 1. The van der Waals surface area contributed by atoms with Gasteiger partial charge in [0.1, 0.15) is 10.7 Å². The Morgan fingerprint density at radius 1 is 1.28 bits per heavy atom. The Bertz CT molecular complexity index is 980. The maximum absolute atomic E-state index is 12.6. The number of rotatable bonds is 10. The van der Waals surface area contributed by atoms with Gasteiger partial charge in [0, 0.05) is 30.6 Å². The average molecular weight is 479 g/mol. The molecule has 1 unspecified atom stereocenters. The van der Waals surface area contributed by atoms with Gasteiger partial charge in [-0.3, -0.25) is 14.5 Å². The fourth-order valence-corrected chi connectivity index (χ4v) is 6.96. The van der Waals surface area contributed by atoms with Gasteiger partial charge < -0.3 is 15.0 Å². The topological polar surface area (TPSA) is 87.3 Å². The number of aromatic nitrogens is 2. The Balaban J connectivity index is 1.29. The lowest BCUT2D eigenvalue weighted by Gasteiger charge is -2.38. The summed E-state index contributed by atoms with van der Waals surface area (Å²) >= 11 is 3.15. The number of aryl methyl sites for hydroxylation is 2. The fourth-order valence-electron chi connectivity index (χ4n) is 4.96. The third-order valence-electron chi connectivity index (χ3n) is 6.71. The number of thioether (sulfide) groups is 1. The summed E-state index contributed by atoms with van der Waals surface area (Å²) < 4.78 is 5.51. The van der Waals surface area contributed by atoms with E-state index in [0.717, 1.165) is 68.6 Å². The molecule has 2 aliphatic rings. The number of aromatic amines is 1. The molecule has 4 rings (SSSR count). The molecular weight excluding hydrogens is 444 g/mol. The van der Waals surface area contributed by atoms with Crippen molar-refractivity contribution in [2.45, 2.75) is 57.7 Å². The zero-order valence-electron chi connectivity index (χ0n) is 19.1. The summed E-state index contributed by atoms with van der Waals surface area (Å²) in [7, 11) is 0. The van der Waals surface area contributed by atoms with Crippen molar-refractivity contribution in [3.63, 3.8) is 0 Å². The predicted molar refractivity (Wildman–Crippen MR) is 132 cm³/mol. The van der Waals surface area contributed by atoms with Crippen molar-refractivity contribution in [3.05, 3.63) is 26.6 Å². The standard InChI is InChI=1S/C23H34N4O3S2/c1-3-15(4-2)17(27-8-10-30-11-9-27)12-24-20(28)14-31-13-19-25-22(29)21-16-6-5-7-18(16)32-23(21)26-19/h15,17H,3-14H2,1-2H3,(H,24,28)(H,25,26,29). The van der Waals surface area contributed by atoms with Crippen LogP contribution in [0.4, 0.5) is 0 Å². The highest BCUT2D eigenvalue weighted by Crippen LogP contribution is 2.34. The van der Waals surface area contributed by atoms with Crippen molar-refractivity contribution in [2.75, 3.05) is 38.6 Å². The molecule has 7 nitrogen and oxygen atoms in total. The van der Waals surface area contributed by atoms with Gasteiger partial charge in [-0.2, -0.15) is 0 Å². The largest absolute Gasteiger partial charge is 0.379 e. The zero-order valence-corrected chi connectivity index (χ0v) is 20.7. The van der Waals surface area contributed by atoms with E-state index in [9.17, 15) is 9.59 Å². The predicted octanol–water partition coefficient (Wildman–Crippen LogP) is 2.96. The Hall–Kier alpha value is -1.42. The third kappa shape index (κ3) is 5.38. The number of nitrogens with zero attached hydrogens (tertiary/aromatic N) is 2. The van der Waals surface area contributed by atoms with E-state index in [-0.39, 0.29) is 11.5 Å².